The summed E-state index contributed by atoms with van der Waals surface area (Å²) in [4.78, 5) is 28.1. The summed E-state index contributed by atoms with van der Waals surface area (Å²) in [6.07, 6.45) is 2.53. The summed E-state index contributed by atoms with van der Waals surface area (Å²) in [7, 11) is 0. The molecule has 1 amide bonds. The summed E-state index contributed by atoms with van der Waals surface area (Å²) in [5.74, 6) is 1.90. The molecule has 1 aromatic carbocycles. The number of ether oxygens (including phenoxy) is 1. The molecule has 2 aromatic rings. The maximum atomic E-state index is 12.8. The van der Waals surface area contributed by atoms with Gasteiger partial charge < -0.3 is 19.4 Å². The maximum Gasteiger partial charge on any atom is 0.253 e. The van der Waals surface area contributed by atoms with Gasteiger partial charge in [0.25, 0.3) is 5.91 Å². The molecule has 0 radical (unpaired) electrons. The molecule has 0 aliphatic carbocycles. The number of amides is 1. The smallest absolute Gasteiger partial charge is 0.253 e. The highest BCUT2D eigenvalue weighted by molar-refractivity contribution is 6.30. The van der Waals surface area contributed by atoms with Crippen LogP contribution in [-0.2, 0) is 4.74 Å². The molecule has 2 saturated heterocycles. The van der Waals surface area contributed by atoms with Crippen LogP contribution in [0.25, 0.3) is 0 Å². The number of carbonyl (C=O) groups is 1. The summed E-state index contributed by atoms with van der Waals surface area (Å²) in [5, 5.41) is 0.637. The van der Waals surface area contributed by atoms with Gasteiger partial charge >= 0.3 is 0 Å². The third-order valence-electron chi connectivity index (χ3n) is 5.17. The van der Waals surface area contributed by atoms with Crippen molar-refractivity contribution in [3.8, 4) is 0 Å². The van der Waals surface area contributed by atoms with E-state index in [9.17, 15) is 4.79 Å². The van der Waals surface area contributed by atoms with E-state index in [0.717, 1.165) is 64.0 Å². The predicted molar refractivity (Wildman–Crippen MR) is 109 cm³/mol. The number of aromatic nitrogens is 2. The lowest BCUT2D eigenvalue weighted by molar-refractivity contribution is 0.0767. The number of hydrogen-bond acceptors (Lipinski definition) is 6. The molecule has 2 aliphatic rings. The Kier molecular flexibility index (Phi) is 5.92. The zero-order valence-electron chi connectivity index (χ0n) is 15.8. The van der Waals surface area contributed by atoms with E-state index in [1.54, 1.807) is 30.6 Å². The monoisotopic (exact) mass is 401 g/mol. The fraction of sp³-hybridized carbons (Fsp3) is 0.450. The van der Waals surface area contributed by atoms with Crippen molar-refractivity contribution < 1.29 is 9.53 Å². The summed E-state index contributed by atoms with van der Waals surface area (Å²) in [5.41, 5.74) is 0.675. The van der Waals surface area contributed by atoms with Crippen molar-refractivity contribution in [1.82, 2.24) is 14.9 Å². The van der Waals surface area contributed by atoms with Crippen molar-refractivity contribution in [1.29, 1.82) is 0 Å². The highest BCUT2D eigenvalue weighted by Gasteiger charge is 2.22. The average molecular weight is 402 g/mol. The van der Waals surface area contributed by atoms with Crippen molar-refractivity contribution in [2.75, 3.05) is 62.3 Å². The van der Waals surface area contributed by atoms with Gasteiger partial charge in [0, 0.05) is 55.9 Å². The first-order chi connectivity index (χ1) is 13.7. The van der Waals surface area contributed by atoms with Crippen LogP contribution in [0.1, 0.15) is 16.8 Å². The van der Waals surface area contributed by atoms with Crippen LogP contribution in [0.2, 0.25) is 5.02 Å². The number of nitrogens with zero attached hydrogens (tertiary/aromatic N) is 5. The topological polar surface area (TPSA) is 61.8 Å². The average Bonchev–Trinajstić information content (AvgIpc) is 3.01. The van der Waals surface area contributed by atoms with Gasteiger partial charge in [-0.15, -0.1) is 0 Å². The first-order valence-electron chi connectivity index (χ1n) is 9.65. The second kappa shape index (κ2) is 8.75. The third-order valence-corrected chi connectivity index (χ3v) is 5.42. The standard InChI is InChI=1S/C20H24ClN5O2/c21-17-4-2-16(3-5-17)20(27)26-7-1-6-24(8-9-26)18-14-19(23-15-22-18)25-10-12-28-13-11-25/h2-5,14-15H,1,6-13H2. The largest absolute Gasteiger partial charge is 0.378 e. The summed E-state index contributed by atoms with van der Waals surface area (Å²) in [6, 6.07) is 9.13. The molecule has 8 heteroatoms. The Balaban J connectivity index is 1.42. The normalized spacial score (nSPS) is 18.1. The molecule has 0 bridgehead atoms. The summed E-state index contributed by atoms with van der Waals surface area (Å²) >= 11 is 5.93. The number of morpholine rings is 1. The Labute approximate surface area is 169 Å². The van der Waals surface area contributed by atoms with Crippen LogP contribution in [0.3, 0.4) is 0 Å². The van der Waals surface area contributed by atoms with Crippen LogP contribution in [0.5, 0.6) is 0 Å². The van der Waals surface area contributed by atoms with Crippen LogP contribution in [0.15, 0.2) is 36.7 Å². The highest BCUT2D eigenvalue weighted by atomic mass is 35.5. The fourth-order valence-electron chi connectivity index (χ4n) is 3.60. The van der Waals surface area contributed by atoms with Crippen molar-refractivity contribution in [2.24, 2.45) is 0 Å². The molecule has 0 saturated carbocycles. The zero-order valence-corrected chi connectivity index (χ0v) is 16.5. The van der Waals surface area contributed by atoms with Gasteiger partial charge in [0.05, 0.1) is 13.2 Å². The van der Waals surface area contributed by atoms with Crippen molar-refractivity contribution in [2.45, 2.75) is 6.42 Å². The van der Waals surface area contributed by atoms with Gasteiger partial charge in [0.15, 0.2) is 0 Å². The summed E-state index contributed by atoms with van der Waals surface area (Å²) < 4.78 is 5.42. The molecule has 1 aromatic heterocycles. The number of carbonyl (C=O) groups excluding carboxylic acids is 1. The van der Waals surface area contributed by atoms with Gasteiger partial charge in [-0.05, 0) is 30.7 Å². The first-order valence-corrected chi connectivity index (χ1v) is 10.0. The van der Waals surface area contributed by atoms with Crippen LogP contribution in [-0.4, -0.2) is 73.3 Å². The van der Waals surface area contributed by atoms with Gasteiger partial charge in [0.1, 0.15) is 18.0 Å². The van der Waals surface area contributed by atoms with Gasteiger partial charge in [-0.3, -0.25) is 4.79 Å². The number of halogens is 1. The van der Waals surface area contributed by atoms with Gasteiger partial charge in [0.2, 0.25) is 0 Å². The molecule has 3 heterocycles. The zero-order chi connectivity index (χ0) is 19.3. The van der Waals surface area contributed by atoms with E-state index in [1.165, 1.54) is 0 Å². The van der Waals surface area contributed by atoms with Crippen molar-refractivity contribution in [3.05, 3.63) is 47.2 Å². The SMILES string of the molecule is O=C(c1ccc(Cl)cc1)N1CCCN(c2cc(N3CCOCC3)ncn2)CC1. The highest BCUT2D eigenvalue weighted by Crippen LogP contribution is 2.20. The Hall–Kier alpha value is -2.38. The number of rotatable bonds is 3. The molecule has 0 unspecified atom stereocenters. The lowest BCUT2D eigenvalue weighted by Crippen LogP contribution is -2.37. The molecule has 28 heavy (non-hydrogen) atoms. The quantitative estimate of drug-likeness (QED) is 0.786. The van der Waals surface area contributed by atoms with E-state index in [2.05, 4.69) is 19.8 Å². The third kappa shape index (κ3) is 4.36. The first kappa shape index (κ1) is 19.0. The number of hydrogen-bond donors (Lipinski definition) is 0. The molecule has 4 rings (SSSR count). The Morgan fingerprint density at radius 3 is 2.29 bits per heavy atom. The Morgan fingerprint density at radius 1 is 0.893 bits per heavy atom. The molecule has 148 valence electrons. The minimum atomic E-state index is 0.0511. The Bertz CT molecular complexity index is 810. The predicted octanol–water partition coefficient (Wildman–Crippen LogP) is 2.32. The van der Waals surface area contributed by atoms with Gasteiger partial charge in [-0.25, -0.2) is 9.97 Å². The van der Waals surface area contributed by atoms with E-state index in [0.29, 0.717) is 17.1 Å². The lowest BCUT2D eigenvalue weighted by Gasteiger charge is -2.29. The van der Waals surface area contributed by atoms with Crippen LogP contribution in [0, 0.1) is 0 Å². The van der Waals surface area contributed by atoms with E-state index >= 15 is 0 Å². The molecule has 7 nitrogen and oxygen atoms in total. The van der Waals surface area contributed by atoms with Crippen LogP contribution in [0.4, 0.5) is 11.6 Å². The van der Waals surface area contributed by atoms with Gasteiger partial charge in [-0.2, -0.15) is 0 Å². The molecular weight excluding hydrogens is 378 g/mol. The second-order valence-corrected chi connectivity index (χ2v) is 7.41. The lowest BCUT2D eigenvalue weighted by atomic mass is 10.2. The number of anilines is 2. The molecule has 2 fully saturated rings. The Morgan fingerprint density at radius 2 is 1.57 bits per heavy atom. The minimum absolute atomic E-state index is 0.0511. The molecule has 0 atom stereocenters. The van der Waals surface area contributed by atoms with Crippen molar-refractivity contribution in [3.63, 3.8) is 0 Å². The van der Waals surface area contributed by atoms with Crippen LogP contribution >= 0.6 is 11.6 Å². The van der Waals surface area contributed by atoms with Crippen LogP contribution < -0.4 is 9.80 Å². The molecule has 2 aliphatic heterocycles. The van der Waals surface area contributed by atoms with E-state index in [-0.39, 0.29) is 5.91 Å². The van der Waals surface area contributed by atoms with Crippen molar-refractivity contribution >= 4 is 29.1 Å². The second-order valence-electron chi connectivity index (χ2n) is 6.97. The number of benzene rings is 1. The minimum Gasteiger partial charge on any atom is -0.378 e. The van der Waals surface area contributed by atoms with Gasteiger partial charge in [-0.1, -0.05) is 11.6 Å². The van der Waals surface area contributed by atoms with E-state index in [4.69, 9.17) is 16.3 Å². The molecular formula is C20H24ClN5O2. The fourth-order valence-corrected chi connectivity index (χ4v) is 3.73. The molecule has 0 N–H and O–H groups in total. The van der Waals surface area contributed by atoms with E-state index in [1.807, 2.05) is 11.0 Å². The maximum absolute atomic E-state index is 12.8. The summed E-state index contributed by atoms with van der Waals surface area (Å²) in [6.45, 7) is 6.16. The van der Waals surface area contributed by atoms with E-state index < -0.39 is 0 Å². The molecule has 0 spiro atoms.